The molecule has 1 aromatic heterocycles. The van der Waals surface area contributed by atoms with E-state index in [4.69, 9.17) is 0 Å². The lowest BCUT2D eigenvalue weighted by atomic mass is 9.98. The molecule has 0 amide bonds. The van der Waals surface area contributed by atoms with Crippen LogP contribution in [0.5, 0.6) is 0 Å². The van der Waals surface area contributed by atoms with E-state index in [1.165, 1.54) is 6.33 Å². The molecule has 1 saturated heterocycles. The van der Waals surface area contributed by atoms with Crippen molar-refractivity contribution in [2.24, 2.45) is 5.92 Å². The molecule has 0 saturated carbocycles. The van der Waals surface area contributed by atoms with Crippen LogP contribution in [0.25, 0.3) is 0 Å². The van der Waals surface area contributed by atoms with E-state index >= 15 is 0 Å². The van der Waals surface area contributed by atoms with Gasteiger partial charge in [0, 0.05) is 20.1 Å². The number of nitrogens with zero attached hydrogens (tertiary/aromatic N) is 4. The fraction of sp³-hybridized carbons (Fsp3) is 0.667. The molecule has 1 aliphatic heterocycles. The number of hydrogen-bond donors (Lipinski definition) is 2. The normalized spacial score (nSPS) is 19.6. The highest BCUT2D eigenvalue weighted by Crippen LogP contribution is 2.28. The predicted octanol–water partition coefficient (Wildman–Crippen LogP) is 1.18. The Morgan fingerprint density at radius 1 is 1.50 bits per heavy atom. The average Bonchev–Trinajstić information content (AvgIpc) is 2.44. The molecule has 1 aromatic rings. The van der Waals surface area contributed by atoms with E-state index in [0.29, 0.717) is 12.5 Å². The zero-order valence-electron chi connectivity index (χ0n) is 11.8. The van der Waals surface area contributed by atoms with Gasteiger partial charge in [0.1, 0.15) is 6.33 Å². The summed E-state index contributed by atoms with van der Waals surface area (Å²) >= 11 is 0. The lowest BCUT2D eigenvalue weighted by molar-refractivity contribution is -0.383. The number of nitrogens with one attached hydrogen (secondary N) is 2. The standard InChI is InChI=1S/C12H20N6O2/c1-13-11-10(18(19)20)12(16-8-15-11)14-6-9-4-3-5-17(2)7-9/h8-9H,3-7H2,1-2H3,(H2,13,14,15,16). The topological polar surface area (TPSA) is 96.2 Å². The lowest BCUT2D eigenvalue weighted by Crippen LogP contribution is -2.35. The maximum atomic E-state index is 11.1. The minimum atomic E-state index is -0.457. The molecule has 0 radical (unpaired) electrons. The van der Waals surface area contributed by atoms with Crippen molar-refractivity contribution >= 4 is 17.3 Å². The van der Waals surface area contributed by atoms with E-state index in [1.807, 2.05) is 0 Å². The Morgan fingerprint density at radius 3 is 2.90 bits per heavy atom. The smallest absolute Gasteiger partial charge is 0.353 e. The van der Waals surface area contributed by atoms with Gasteiger partial charge in [-0.2, -0.15) is 0 Å². The molecule has 110 valence electrons. The van der Waals surface area contributed by atoms with Gasteiger partial charge in [-0.15, -0.1) is 0 Å². The fourth-order valence-corrected chi connectivity index (χ4v) is 2.54. The number of hydrogen-bond acceptors (Lipinski definition) is 7. The summed E-state index contributed by atoms with van der Waals surface area (Å²) in [6.45, 7) is 2.81. The molecule has 1 unspecified atom stereocenters. The first-order valence-corrected chi connectivity index (χ1v) is 6.71. The van der Waals surface area contributed by atoms with Crippen molar-refractivity contribution in [3.8, 4) is 0 Å². The van der Waals surface area contributed by atoms with Gasteiger partial charge in [0.2, 0.25) is 11.6 Å². The van der Waals surface area contributed by atoms with Gasteiger partial charge in [0.15, 0.2) is 0 Å². The molecule has 8 heteroatoms. The van der Waals surface area contributed by atoms with Crippen LogP contribution in [0.1, 0.15) is 12.8 Å². The van der Waals surface area contributed by atoms with Crippen LogP contribution in [0, 0.1) is 16.0 Å². The molecule has 1 fully saturated rings. The van der Waals surface area contributed by atoms with Gasteiger partial charge >= 0.3 is 5.69 Å². The van der Waals surface area contributed by atoms with Crippen molar-refractivity contribution < 1.29 is 4.92 Å². The molecule has 0 spiro atoms. The van der Waals surface area contributed by atoms with Crippen molar-refractivity contribution in [1.29, 1.82) is 0 Å². The van der Waals surface area contributed by atoms with Crippen LogP contribution in [0.3, 0.4) is 0 Å². The van der Waals surface area contributed by atoms with Crippen molar-refractivity contribution in [2.75, 3.05) is 44.4 Å². The van der Waals surface area contributed by atoms with Crippen molar-refractivity contribution in [3.05, 3.63) is 16.4 Å². The van der Waals surface area contributed by atoms with Crippen LogP contribution in [-0.2, 0) is 0 Å². The Bertz CT molecular complexity index is 481. The van der Waals surface area contributed by atoms with E-state index < -0.39 is 4.92 Å². The highest BCUT2D eigenvalue weighted by molar-refractivity contribution is 5.68. The molecular formula is C12H20N6O2. The lowest BCUT2D eigenvalue weighted by Gasteiger charge is -2.29. The summed E-state index contributed by atoms with van der Waals surface area (Å²) in [4.78, 5) is 20.8. The first-order chi connectivity index (χ1) is 9.61. The molecule has 1 aliphatic rings. The second-order valence-corrected chi connectivity index (χ2v) is 5.08. The van der Waals surface area contributed by atoms with Crippen LogP contribution in [0.2, 0.25) is 0 Å². The maximum Gasteiger partial charge on any atom is 0.353 e. The Balaban J connectivity index is 2.07. The minimum absolute atomic E-state index is 0.0980. The summed E-state index contributed by atoms with van der Waals surface area (Å²) in [6, 6.07) is 0. The summed E-state index contributed by atoms with van der Waals surface area (Å²) in [5.74, 6) is 0.997. The molecule has 0 bridgehead atoms. The zero-order chi connectivity index (χ0) is 14.5. The van der Waals surface area contributed by atoms with E-state index in [1.54, 1.807) is 7.05 Å². The number of likely N-dealkylation sites (tertiary alicyclic amines) is 1. The van der Waals surface area contributed by atoms with Crippen molar-refractivity contribution in [1.82, 2.24) is 14.9 Å². The minimum Gasteiger partial charge on any atom is -0.367 e. The highest BCUT2D eigenvalue weighted by Gasteiger charge is 2.23. The molecule has 2 rings (SSSR count). The summed E-state index contributed by atoms with van der Waals surface area (Å²) in [5.41, 5.74) is -0.0980. The average molecular weight is 280 g/mol. The number of nitro groups is 1. The van der Waals surface area contributed by atoms with Gasteiger partial charge in [-0.05, 0) is 32.4 Å². The molecular weight excluding hydrogens is 260 g/mol. The molecule has 0 aliphatic carbocycles. The van der Waals surface area contributed by atoms with Crippen LogP contribution >= 0.6 is 0 Å². The first-order valence-electron chi connectivity index (χ1n) is 6.71. The Labute approximate surface area is 117 Å². The van der Waals surface area contributed by atoms with Gasteiger partial charge in [0.25, 0.3) is 0 Å². The second-order valence-electron chi connectivity index (χ2n) is 5.08. The monoisotopic (exact) mass is 280 g/mol. The summed E-state index contributed by atoms with van der Waals surface area (Å²) in [6.07, 6.45) is 3.62. The van der Waals surface area contributed by atoms with E-state index in [-0.39, 0.29) is 17.3 Å². The Morgan fingerprint density at radius 2 is 2.25 bits per heavy atom. The van der Waals surface area contributed by atoms with Crippen LogP contribution in [-0.4, -0.2) is 53.5 Å². The van der Waals surface area contributed by atoms with Gasteiger partial charge in [0.05, 0.1) is 4.92 Å². The molecule has 1 atom stereocenters. The largest absolute Gasteiger partial charge is 0.367 e. The fourth-order valence-electron chi connectivity index (χ4n) is 2.54. The quantitative estimate of drug-likeness (QED) is 0.617. The number of anilines is 2. The number of rotatable bonds is 5. The molecule has 20 heavy (non-hydrogen) atoms. The Kier molecular flexibility index (Phi) is 4.67. The predicted molar refractivity (Wildman–Crippen MR) is 76.9 cm³/mol. The zero-order valence-corrected chi connectivity index (χ0v) is 11.8. The van der Waals surface area contributed by atoms with Gasteiger partial charge in [-0.25, -0.2) is 9.97 Å². The summed E-state index contributed by atoms with van der Waals surface area (Å²) in [5, 5.41) is 17.0. The summed E-state index contributed by atoms with van der Waals surface area (Å²) < 4.78 is 0. The van der Waals surface area contributed by atoms with E-state index in [0.717, 1.165) is 25.9 Å². The number of piperidine rings is 1. The second kappa shape index (κ2) is 6.47. The third kappa shape index (κ3) is 3.32. The van der Waals surface area contributed by atoms with Gasteiger partial charge in [-0.1, -0.05) is 0 Å². The first kappa shape index (κ1) is 14.4. The molecule has 2 N–H and O–H groups in total. The van der Waals surface area contributed by atoms with Gasteiger partial charge < -0.3 is 15.5 Å². The molecule has 0 aromatic carbocycles. The highest BCUT2D eigenvalue weighted by atomic mass is 16.6. The summed E-state index contributed by atoms with van der Waals surface area (Å²) in [7, 11) is 3.70. The SMILES string of the molecule is CNc1ncnc(NCC2CCCN(C)C2)c1[N+](=O)[O-]. The Hall–Kier alpha value is -1.96. The van der Waals surface area contributed by atoms with Crippen molar-refractivity contribution in [2.45, 2.75) is 12.8 Å². The number of aromatic nitrogens is 2. The third-order valence-electron chi connectivity index (χ3n) is 3.52. The third-order valence-corrected chi connectivity index (χ3v) is 3.52. The molecule has 8 nitrogen and oxygen atoms in total. The maximum absolute atomic E-state index is 11.1. The van der Waals surface area contributed by atoms with Gasteiger partial charge in [-0.3, -0.25) is 10.1 Å². The van der Waals surface area contributed by atoms with E-state index in [2.05, 4.69) is 32.5 Å². The van der Waals surface area contributed by atoms with Crippen molar-refractivity contribution in [3.63, 3.8) is 0 Å². The van der Waals surface area contributed by atoms with Crippen LogP contribution < -0.4 is 10.6 Å². The molecule has 2 heterocycles. The van der Waals surface area contributed by atoms with E-state index in [9.17, 15) is 10.1 Å². The van der Waals surface area contributed by atoms with Crippen LogP contribution in [0.4, 0.5) is 17.3 Å². The van der Waals surface area contributed by atoms with Crippen LogP contribution in [0.15, 0.2) is 6.33 Å².